The number of hydrogen-bond acceptors (Lipinski definition) is 1. The molecule has 3 heterocycles. The lowest BCUT2D eigenvalue weighted by molar-refractivity contribution is 0.661. The van der Waals surface area contributed by atoms with Crippen LogP contribution < -0.4 is 0 Å². The van der Waals surface area contributed by atoms with Gasteiger partial charge in [0.1, 0.15) is 0 Å². The fraction of sp³-hybridized carbons (Fsp3) is 0.0526. The summed E-state index contributed by atoms with van der Waals surface area (Å²) in [6.07, 6.45) is 0. The molecule has 282 valence electrons. The van der Waals surface area contributed by atoms with Gasteiger partial charge in [-0.15, -0.1) is 11.3 Å². The van der Waals surface area contributed by atoms with Gasteiger partial charge in [-0.3, -0.25) is 0 Å². The van der Waals surface area contributed by atoms with Crippen molar-refractivity contribution in [3.05, 3.63) is 205 Å². The Hall–Kier alpha value is -7.20. The van der Waals surface area contributed by atoms with Gasteiger partial charge >= 0.3 is 0 Å². The van der Waals surface area contributed by atoms with Crippen LogP contribution in [0.15, 0.2) is 194 Å². The normalized spacial score (nSPS) is 13.3. The molecule has 1 aliphatic rings. The molecule has 0 amide bonds. The maximum Gasteiger partial charge on any atom is 0.0547 e. The fourth-order valence-corrected chi connectivity index (χ4v) is 11.9. The summed E-state index contributed by atoms with van der Waals surface area (Å²) in [6.45, 7) is 4.74. The molecule has 0 unspecified atom stereocenters. The van der Waals surface area contributed by atoms with Crippen LogP contribution in [0.4, 0.5) is 0 Å². The molecule has 0 radical (unpaired) electrons. The van der Waals surface area contributed by atoms with Gasteiger partial charge in [0.05, 0.1) is 22.1 Å². The fourth-order valence-electron chi connectivity index (χ4n) is 10.5. The molecule has 2 nitrogen and oxygen atoms in total. The van der Waals surface area contributed by atoms with Crippen LogP contribution in [0.1, 0.15) is 25.0 Å². The molecule has 1 aliphatic carbocycles. The average Bonchev–Trinajstić information content (AvgIpc) is 4.01. The maximum atomic E-state index is 2.44. The van der Waals surface area contributed by atoms with E-state index >= 15 is 0 Å². The zero-order valence-electron chi connectivity index (χ0n) is 33.3. The molecule has 12 aromatic rings. The van der Waals surface area contributed by atoms with Crippen molar-refractivity contribution in [1.29, 1.82) is 0 Å². The third-order valence-corrected chi connectivity index (χ3v) is 14.6. The van der Waals surface area contributed by atoms with Crippen molar-refractivity contribution in [1.82, 2.24) is 9.13 Å². The van der Waals surface area contributed by atoms with Crippen LogP contribution >= 0.6 is 11.3 Å². The molecule has 0 spiro atoms. The highest BCUT2D eigenvalue weighted by Crippen LogP contribution is 2.54. The second-order valence-corrected chi connectivity index (χ2v) is 17.9. The lowest BCUT2D eigenvalue weighted by Crippen LogP contribution is -2.14. The van der Waals surface area contributed by atoms with E-state index in [2.05, 4.69) is 217 Å². The molecule has 0 N–H and O–H groups in total. The SMILES string of the molecule is CC1(C)c2ccccc2-c2c1ccc1c2sc2c(-c3ccc(-n4c5ccccc5c5ccc(-c6ccc7c(c6)c6ccccc6n7-c6ccccc6)cc54)cc3)cccc21. The summed E-state index contributed by atoms with van der Waals surface area (Å²) < 4.78 is 7.57. The van der Waals surface area contributed by atoms with Gasteiger partial charge in [0.15, 0.2) is 0 Å². The van der Waals surface area contributed by atoms with Gasteiger partial charge in [0.25, 0.3) is 0 Å². The van der Waals surface area contributed by atoms with Crippen molar-refractivity contribution in [3.8, 4) is 44.8 Å². The van der Waals surface area contributed by atoms with E-state index in [9.17, 15) is 0 Å². The van der Waals surface area contributed by atoms with Crippen LogP contribution in [0.3, 0.4) is 0 Å². The zero-order valence-corrected chi connectivity index (χ0v) is 34.1. The van der Waals surface area contributed by atoms with E-state index in [1.807, 2.05) is 11.3 Å². The van der Waals surface area contributed by atoms with E-state index < -0.39 is 0 Å². The van der Waals surface area contributed by atoms with Crippen LogP contribution in [0, 0.1) is 0 Å². The van der Waals surface area contributed by atoms with E-state index in [4.69, 9.17) is 0 Å². The van der Waals surface area contributed by atoms with Gasteiger partial charge in [-0.2, -0.15) is 0 Å². The Morgan fingerprint density at radius 3 is 1.72 bits per heavy atom. The summed E-state index contributed by atoms with van der Waals surface area (Å²) in [4.78, 5) is 0. The zero-order chi connectivity index (χ0) is 39.7. The molecular weight excluding hydrogens is 745 g/mol. The van der Waals surface area contributed by atoms with Crippen molar-refractivity contribution in [3.63, 3.8) is 0 Å². The van der Waals surface area contributed by atoms with Crippen molar-refractivity contribution < 1.29 is 0 Å². The molecule has 60 heavy (non-hydrogen) atoms. The van der Waals surface area contributed by atoms with E-state index in [0.29, 0.717) is 0 Å². The predicted octanol–water partition coefficient (Wildman–Crippen LogP) is 15.9. The molecule has 3 heteroatoms. The summed E-state index contributed by atoms with van der Waals surface area (Å²) in [5, 5.41) is 7.72. The first-order chi connectivity index (χ1) is 29.5. The Morgan fingerprint density at radius 1 is 0.350 bits per heavy atom. The third kappa shape index (κ3) is 4.64. The van der Waals surface area contributed by atoms with Crippen LogP contribution in [-0.2, 0) is 5.41 Å². The highest BCUT2D eigenvalue weighted by Gasteiger charge is 2.36. The number of thiophene rings is 1. The average molecular weight is 783 g/mol. The van der Waals surface area contributed by atoms with Gasteiger partial charge in [-0.25, -0.2) is 0 Å². The first-order valence-electron chi connectivity index (χ1n) is 20.8. The van der Waals surface area contributed by atoms with Crippen molar-refractivity contribution in [2.75, 3.05) is 0 Å². The molecule has 0 bridgehead atoms. The van der Waals surface area contributed by atoms with Crippen molar-refractivity contribution in [2.24, 2.45) is 0 Å². The second kappa shape index (κ2) is 12.4. The minimum Gasteiger partial charge on any atom is -0.309 e. The van der Waals surface area contributed by atoms with Gasteiger partial charge in [-0.1, -0.05) is 153 Å². The Kier molecular flexibility index (Phi) is 6.98. The van der Waals surface area contributed by atoms with Crippen LogP contribution in [0.5, 0.6) is 0 Å². The van der Waals surface area contributed by atoms with Crippen LogP contribution in [-0.4, -0.2) is 9.13 Å². The Morgan fingerprint density at radius 2 is 0.900 bits per heavy atom. The smallest absolute Gasteiger partial charge is 0.0547 e. The molecule has 0 saturated heterocycles. The van der Waals surface area contributed by atoms with Crippen LogP contribution in [0.25, 0.3) is 109 Å². The standard InChI is InChI=1S/C57H38N2S/c1-57(2)48-20-9-6-17-46(48)54-49(57)31-30-45-44-19-12-18-40(55(44)60-56(45)54)35-23-27-39(28-24-35)59-50-21-10-7-15-41(50)43-29-25-37(34-53(43)59)36-26-32-52-47(33-36)42-16-8-11-22-51(42)58(52)38-13-4-3-5-14-38/h3-34H,1-2H3. The van der Waals surface area contributed by atoms with Gasteiger partial charge in [0, 0.05) is 64.1 Å². The first kappa shape index (κ1) is 33.7. The topological polar surface area (TPSA) is 9.86 Å². The third-order valence-electron chi connectivity index (χ3n) is 13.3. The Balaban J connectivity index is 0.940. The number of rotatable bonds is 4. The molecule has 0 atom stereocenters. The molecule has 0 saturated carbocycles. The Labute approximate surface area is 351 Å². The number of aromatic nitrogens is 2. The highest BCUT2D eigenvalue weighted by molar-refractivity contribution is 7.27. The molecule has 3 aromatic heterocycles. The van der Waals surface area contributed by atoms with Crippen molar-refractivity contribution in [2.45, 2.75) is 19.3 Å². The van der Waals surface area contributed by atoms with E-state index in [-0.39, 0.29) is 5.41 Å². The monoisotopic (exact) mass is 782 g/mol. The summed E-state index contributed by atoms with van der Waals surface area (Å²) in [7, 11) is 0. The number of hydrogen-bond donors (Lipinski definition) is 0. The molecule has 0 fully saturated rings. The maximum absolute atomic E-state index is 2.44. The number of benzene rings is 9. The first-order valence-corrected chi connectivity index (χ1v) is 21.7. The van der Waals surface area contributed by atoms with E-state index in [1.165, 1.54) is 114 Å². The van der Waals surface area contributed by atoms with Crippen molar-refractivity contribution >= 4 is 75.1 Å². The summed E-state index contributed by atoms with van der Waals surface area (Å²) in [6, 6.07) is 72.0. The second-order valence-electron chi connectivity index (χ2n) is 16.9. The van der Waals surface area contributed by atoms with Gasteiger partial charge in [0.2, 0.25) is 0 Å². The Bertz CT molecular complexity index is 3730. The minimum absolute atomic E-state index is 0.0135. The predicted molar refractivity (Wildman–Crippen MR) is 256 cm³/mol. The number of nitrogens with zero attached hydrogens (tertiary/aromatic N) is 2. The molecule has 9 aromatic carbocycles. The summed E-state index contributed by atoms with van der Waals surface area (Å²) in [5.41, 5.74) is 17.7. The highest BCUT2D eigenvalue weighted by atomic mass is 32.1. The molecular formula is C57H38N2S. The summed E-state index contributed by atoms with van der Waals surface area (Å²) >= 11 is 1.95. The van der Waals surface area contributed by atoms with Gasteiger partial charge in [-0.05, 0) is 93.5 Å². The lowest BCUT2D eigenvalue weighted by atomic mass is 9.82. The van der Waals surface area contributed by atoms with Crippen LogP contribution in [0.2, 0.25) is 0 Å². The number of fused-ring (bicyclic) bond motifs is 13. The summed E-state index contributed by atoms with van der Waals surface area (Å²) in [5.74, 6) is 0. The lowest BCUT2D eigenvalue weighted by Gasteiger charge is -2.21. The quantitative estimate of drug-likeness (QED) is 0.168. The van der Waals surface area contributed by atoms with Gasteiger partial charge < -0.3 is 9.13 Å². The molecule has 13 rings (SSSR count). The number of para-hydroxylation sites is 3. The largest absolute Gasteiger partial charge is 0.309 e. The molecule has 0 aliphatic heterocycles. The minimum atomic E-state index is -0.0135. The van der Waals surface area contributed by atoms with E-state index in [0.717, 1.165) is 5.69 Å². The van der Waals surface area contributed by atoms with E-state index in [1.54, 1.807) is 0 Å².